The second-order valence-corrected chi connectivity index (χ2v) is 4.83. The molecule has 0 aromatic rings. The Bertz CT molecular complexity index is 254. The van der Waals surface area contributed by atoms with Crippen molar-refractivity contribution >= 4 is 5.78 Å². The summed E-state index contributed by atoms with van der Waals surface area (Å²) in [5.41, 5.74) is 0. The number of hydrogen-bond donors (Lipinski definition) is 0. The zero-order valence-corrected chi connectivity index (χ0v) is 9.83. The van der Waals surface area contributed by atoms with Crippen molar-refractivity contribution in [1.82, 2.24) is 0 Å². The predicted molar refractivity (Wildman–Crippen MR) is 60.1 cm³/mol. The second kappa shape index (κ2) is 5.90. The molecule has 1 saturated carbocycles. The second-order valence-electron chi connectivity index (χ2n) is 4.83. The van der Waals surface area contributed by atoms with Gasteiger partial charge in [0.2, 0.25) is 0 Å². The number of nitrogens with zero attached hydrogens (tertiary/aromatic N) is 1. The Balaban J connectivity index is 2.58. The van der Waals surface area contributed by atoms with E-state index >= 15 is 0 Å². The molecule has 1 aliphatic carbocycles. The molecule has 1 rings (SSSR count). The van der Waals surface area contributed by atoms with E-state index in [4.69, 9.17) is 5.26 Å². The van der Waals surface area contributed by atoms with Gasteiger partial charge in [0.15, 0.2) is 0 Å². The van der Waals surface area contributed by atoms with Crippen LogP contribution in [0.25, 0.3) is 0 Å². The third-order valence-corrected chi connectivity index (χ3v) is 3.78. The number of nitriles is 1. The minimum atomic E-state index is 0.112. The predicted octanol–water partition coefficient (Wildman–Crippen LogP) is 3.32. The topological polar surface area (TPSA) is 40.9 Å². The van der Waals surface area contributed by atoms with Gasteiger partial charge in [-0.05, 0) is 31.1 Å². The molecular formula is C13H21NO. The van der Waals surface area contributed by atoms with Gasteiger partial charge in [0.1, 0.15) is 5.78 Å². The molecule has 1 fully saturated rings. The van der Waals surface area contributed by atoms with Gasteiger partial charge < -0.3 is 0 Å². The van der Waals surface area contributed by atoms with Crippen LogP contribution in [-0.2, 0) is 4.79 Å². The monoisotopic (exact) mass is 207 g/mol. The lowest BCUT2D eigenvalue weighted by Crippen LogP contribution is -2.20. The maximum absolute atomic E-state index is 11.6. The van der Waals surface area contributed by atoms with Gasteiger partial charge in [0.25, 0.3) is 0 Å². The maximum atomic E-state index is 11.6. The largest absolute Gasteiger partial charge is 0.300 e. The quantitative estimate of drug-likeness (QED) is 0.697. The van der Waals surface area contributed by atoms with Crippen molar-refractivity contribution in [3.8, 4) is 6.07 Å². The van der Waals surface area contributed by atoms with Crippen LogP contribution in [0.4, 0.5) is 0 Å². The zero-order valence-electron chi connectivity index (χ0n) is 9.83. The first kappa shape index (κ1) is 12.2. The molecule has 0 N–H and O–H groups in total. The van der Waals surface area contributed by atoms with Crippen LogP contribution in [0.2, 0.25) is 0 Å². The van der Waals surface area contributed by atoms with Gasteiger partial charge in [-0.1, -0.05) is 20.3 Å². The summed E-state index contributed by atoms with van der Waals surface area (Å²) < 4.78 is 0. The van der Waals surface area contributed by atoms with E-state index in [1.54, 1.807) is 0 Å². The molecule has 0 heterocycles. The third-order valence-electron chi connectivity index (χ3n) is 3.78. The smallest absolute Gasteiger partial charge is 0.133 e. The zero-order chi connectivity index (χ0) is 11.3. The molecule has 0 aliphatic heterocycles. The molecule has 0 amide bonds. The molecule has 1 aliphatic rings. The number of ketones is 1. The summed E-state index contributed by atoms with van der Waals surface area (Å²) in [7, 11) is 0. The summed E-state index contributed by atoms with van der Waals surface area (Å²) >= 11 is 0. The van der Waals surface area contributed by atoms with E-state index in [-0.39, 0.29) is 5.92 Å². The molecule has 15 heavy (non-hydrogen) atoms. The van der Waals surface area contributed by atoms with Crippen LogP contribution in [-0.4, -0.2) is 5.78 Å². The third kappa shape index (κ3) is 3.66. The summed E-state index contributed by atoms with van der Waals surface area (Å²) in [5.74, 6) is 1.60. The van der Waals surface area contributed by atoms with E-state index in [1.807, 2.05) is 0 Å². The van der Waals surface area contributed by atoms with E-state index in [0.29, 0.717) is 24.0 Å². The van der Waals surface area contributed by atoms with Crippen LogP contribution in [0.5, 0.6) is 0 Å². The van der Waals surface area contributed by atoms with E-state index in [9.17, 15) is 4.79 Å². The van der Waals surface area contributed by atoms with Gasteiger partial charge in [-0.15, -0.1) is 0 Å². The molecule has 0 bridgehead atoms. The molecule has 2 heteroatoms. The Kier molecular flexibility index (Phi) is 4.81. The van der Waals surface area contributed by atoms with Crippen molar-refractivity contribution < 1.29 is 4.79 Å². The van der Waals surface area contributed by atoms with Crippen molar-refractivity contribution in [1.29, 1.82) is 5.26 Å². The van der Waals surface area contributed by atoms with E-state index < -0.39 is 0 Å². The van der Waals surface area contributed by atoms with Gasteiger partial charge in [-0.25, -0.2) is 0 Å². The van der Waals surface area contributed by atoms with Gasteiger partial charge in [-0.2, -0.15) is 5.26 Å². The number of carbonyl (C=O) groups excluding carboxylic acids is 1. The lowest BCUT2D eigenvalue weighted by molar-refractivity contribution is -0.121. The van der Waals surface area contributed by atoms with Crippen LogP contribution in [0, 0.1) is 29.1 Å². The van der Waals surface area contributed by atoms with E-state index in [2.05, 4.69) is 19.9 Å². The number of rotatable bonds is 2. The van der Waals surface area contributed by atoms with E-state index in [1.165, 1.54) is 0 Å². The number of carbonyl (C=O) groups is 1. The molecule has 0 aromatic heterocycles. The highest BCUT2D eigenvalue weighted by molar-refractivity contribution is 5.78. The Morgan fingerprint density at radius 3 is 2.80 bits per heavy atom. The average molecular weight is 207 g/mol. The van der Waals surface area contributed by atoms with Crippen molar-refractivity contribution in [3.63, 3.8) is 0 Å². The highest BCUT2D eigenvalue weighted by Crippen LogP contribution is 2.30. The van der Waals surface area contributed by atoms with Crippen LogP contribution in [0.1, 0.15) is 52.4 Å². The van der Waals surface area contributed by atoms with Crippen LogP contribution in [0.15, 0.2) is 0 Å². The lowest BCUT2D eigenvalue weighted by Gasteiger charge is -2.25. The first-order valence-electron chi connectivity index (χ1n) is 6.08. The first-order valence-corrected chi connectivity index (χ1v) is 6.08. The molecule has 3 atom stereocenters. The molecule has 0 saturated heterocycles. The summed E-state index contributed by atoms with van der Waals surface area (Å²) in [6, 6.07) is 2.32. The van der Waals surface area contributed by atoms with Crippen molar-refractivity contribution in [2.75, 3.05) is 0 Å². The van der Waals surface area contributed by atoms with Crippen molar-refractivity contribution in [3.05, 3.63) is 0 Å². The fourth-order valence-corrected chi connectivity index (χ4v) is 2.34. The normalized spacial score (nSPS) is 30.1. The highest BCUT2D eigenvalue weighted by Gasteiger charge is 2.24. The Morgan fingerprint density at radius 1 is 1.47 bits per heavy atom. The molecule has 0 radical (unpaired) electrons. The summed E-state index contributed by atoms with van der Waals surface area (Å²) in [6.45, 7) is 4.40. The van der Waals surface area contributed by atoms with Crippen LogP contribution >= 0.6 is 0 Å². The molecule has 3 unspecified atom stereocenters. The minimum Gasteiger partial charge on any atom is -0.300 e. The number of Topliss-reactive ketones (excluding diaryl/α,β-unsaturated/α-hetero) is 1. The lowest BCUT2D eigenvalue weighted by atomic mass is 9.79. The Hall–Kier alpha value is -0.840. The SMILES string of the molecule is CCC(C)C1CCC(C#N)CCC(=O)C1. The average Bonchev–Trinajstić information content (AvgIpc) is 2.23. The fraction of sp³-hybridized carbons (Fsp3) is 0.846. The first-order chi connectivity index (χ1) is 7.17. The fourth-order valence-electron chi connectivity index (χ4n) is 2.34. The van der Waals surface area contributed by atoms with Crippen molar-refractivity contribution in [2.45, 2.75) is 52.4 Å². The standard InChI is InChI=1S/C13H21NO/c1-3-10(2)12-6-4-11(9-14)5-7-13(15)8-12/h10-12H,3-8H2,1-2H3. The van der Waals surface area contributed by atoms with Gasteiger partial charge in [-0.3, -0.25) is 4.79 Å². The van der Waals surface area contributed by atoms with E-state index in [0.717, 1.165) is 32.1 Å². The van der Waals surface area contributed by atoms with Crippen LogP contribution < -0.4 is 0 Å². The van der Waals surface area contributed by atoms with Gasteiger partial charge in [0.05, 0.1) is 6.07 Å². The summed E-state index contributed by atoms with van der Waals surface area (Å²) in [5, 5.41) is 8.91. The molecule has 0 aromatic carbocycles. The molecule has 0 spiro atoms. The van der Waals surface area contributed by atoms with Gasteiger partial charge in [0, 0.05) is 18.8 Å². The molecule has 84 valence electrons. The Labute approximate surface area is 92.7 Å². The van der Waals surface area contributed by atoms with Crippen molar-refractivity contribution in [2.24, 2.45) is 17.8 Å². The Morgan fingerprint density at radius 2 is 2.20 bits per heavy atom. The minimum absolute atomic E-state index is 0.112. The van der Waals surface area contributed by atoms with Crippen LogP contribution in [0.3, 0.4) is 0 Å². The molecular weight excluding hydrogens is 186 g/mol. The number of hydrogen-bond acceptors (Lipinski definition) is 2. The highest BCUT2D eigenvalue weighted by atomic mass is 16.1. The summed E-state index contributed by atoms with van der Waals surface area (Å²) in [4.78, 5) is 11.6. The van der Waals surface area contributed by atoms with Gasteiger partial charge >= 0.3 is 0 Å². The molecule has 2 nitrogen and oxygen atoms in total. The summed E-state index contributed by atoms with van der Waals surface area (Å²) in [6.07, 6.45) is 5.31. The maximum Gasteiger partial charge on any atom is 0.133 e.